The lowest BCUT2D eigenvalue weighted by molar-refractivity contribution is 0.0697. The Labute approximate surface area is 171 Å². The van der Waals surface area contributed by atoms with E-state index >= 15 is 0 Å². The van der Waals surface area contributed by atoms with Gasteiger partial charge in [0.25, 0.3) is 0 Å². The number of nitrogens with zero attached hydrogens (tertiary/aromatic N) is 3. The van der Waals surface area contributed by atoms with Crippen molar-refractivity contribution >= 4 is 5.97 Å². The van der Waals surface area contributed by atoms with Gasteiger partial charge in [0.2, 0.25) is 0 Å². The van der Waals surface area contributed by atoms with Gasteiger partial charge in [-0.1, -0.05) is 61.7 Å². The summed E-state index contributed by atoms with van der Waals surface area (Å²) in [4.78, 5) is 16.2. The molecule has 5 nitrogen and oxygen atoms in total. The molecule has 0 atom stereocenters. The van der Waals surface area contributed by atoms with Gasteiger partial charge in [-0.2, -0.15) is 5.10 Å². The molecule has 0 spiro atoms. The van der Waals surface area contributed by atoms with Gasteiger partial charge in [-0.3, -0.25) is 0 Å². The Balaban J connectivity index is 1.83. The van der Waals surface area contributed by atoms with Crippen molar-refractivity contribution in [2.75, 3.05) is 0 Å². The van der Waals surface area contributed by atoms with Gasteiger partial charge in [0.15, 0.2) is 5.82 Å². The van der Waals surface area contributed by atoms with Crippen molar-refractivity contribution < 1.29 is 9.90 Å². The normalized spacial score (nSPS) is 10.4. The summed E-state index contributed by atoms with van der Waals surface area (Å²) in [6.07, 6.45) is 3.71. The number of aromatic nitrogens is 3. The van der Waals surface area contributed by atoms with Crippen LogP contribution in [0.2, 0.25) is 0 Å². The number of aromatic carboxylic acids is 1. The molecule has 0 saturated carbocycles. The maximum Gasteiger partial charge on any atom is 0.336 e. The first-order chi connectivity index (χ1) is 14.1. The Morgan fingerprint density at radius 3 is 2.59 bits per heavy atom. The van der Waals surface area contributed by atoms with Crippen LogP contribution in [0.1, 0.15) is 54.3 Å². The predicted molar refractivity (Wildman–Crippen MR) is 114 cm³/mol. The fourth-order valence-corrected chi connectivity index (χ4v) is 3.18. The molecule has 29 heavy (non-hydrogen) atoms. The largest absolute Gasteiger partial charge is 0.478 e. The van der Waals surface area contributed by atoms with E-state index in [0.29, 0.717) is 18.5 Å². The standard InChI is InChI=1S/C24H25N3O2/c1-3-5-11-22-25-23(27(26-22)16-6-4-2)17-18-12-14-19(15-13-18)20-9-7-8-10-21(20)24(28)29/h7-10,12-15H,3,5,11,16-17H2,1-2H3,(H,28,29). The molecule has 5 heteroatoms. The minimum absolute atomic E-state index is 0.304. The average Bonchev–Trinajstić information content (AvgIpc) is 3.12. The maximum atomic E-state index is 11.5. The third kappa shape index (κ3) is 5.11. The second-order valence-electron chi connectivity index (χ2n) is 6.86. The number of carbonyl (C=O) groups is 1. The average molecular weight is 387 g/mol. The van der Waals surface area contributed by atoms with Crippen molar-refractivity contribution in [3.8, 4) is 23.0 Å². The predicted octanol–water partition coefficient (Wildman–Crippen LogP) is 4.60. The van der Waals surface area contributed by atoms with E-state index in [1.54, 1.807) is 12.1 Å². The second-order valence-corrected chi connectivity index (χ2v) is 6.86. The molecular formula is C24H25N3O2. The van der Waals surface area contributed by atoms with E-state index in [1.165, 1.54) is 0 Å². The Kier molecular flexibility index (Phi) is 6.80. The molecule has 0 saturated heterocycles. The topological polar surface area (TPSA) is 68.0 Å². The van der Waals surface area contributed by atoms with Crippen LogP contribution in [-0.2, 0) is 19.4 Å². The molecule has 3 rings (SSSR count). The van der Waals surface area contributed by atoms with E-state index in [0.717, 1.165) is 47.6 Å². The molecular weight excluding hydrogens is 362 g/mol. The van der Waals surface area contributed by atoms with Crippen LogP contribution in [0.4, 0.5) is 0 Å². The van der Waals surface area contributed by atoms with Crippen molar-refractivity contribution in [1.29, 1.82) is 0 Å². The highest BCUT2D eigenvalue weighted by atomic mass is 16.4. The second kappa shape index (κ2) is 9.70. The molecule has 0 bridgehead atoms. The monoisotopic (exact) mass is 387 g/mol. The molecule has 0 fully saturated rings. The first kappa shape index (κ1) is 20.3. The van der Waals surface area contributed by atoms with Crippen LogP contribution >= 0.6 is 0 Å². The number of hydrogen-bond donors (Lipinski definition) is 1. The molecule has 0 aliphatic heterocycles. The highest BCUT2D eigenvalue weighted by molar-refractivity contribution is 5.95. The summed E-state index contributed by atoms with van der Waals surface area (Å²) < 4.78 is 1.88. The van der Waals surface area contributed by atoms with E-state index < -0.39 is 5.97 Å². The number of rotatable bonds is 8. The van der Waals surface area contributed by atoms with Gasteiger partial charge in [0.1, 0.15) is 12.4 Å². The van der Waals surface area contributed by atoms with Crippen molar-refractivity contribution in [2.45, 2.75) is 46.1 Å². The number of unbranched alkanes of at least 4 members (excludes halogenated alkanes) is 1. The van der Waals surface area contributed by atoms with Crippen molar-refractivity contribution in [1.82, 2.24) is 14.8 Å². The molecule has 148 valence electrons. The third-order valence-corrected chi connectivity index (χ3v) is 4.74. The van der Waals surface area contributed by atoms with Gasteiger partial charge in [-0.05, 0) is 36.1 Å². The van der Waals surface area contributed by atoms with E-state index in [-0.39, 0.29) is 0 Å². The van der Waals surface area contributed by atoms with Gasteiger partial charge in [-0.15, -0.1) is 5.92 Å². The Morgan fingerprint density at radius 2 is 1.90 bits per heavy atom. The molecule has 0 aliphatic rings. The zero-order valence-electron chi connectivity index (χ0n) is 16.9. The lowest BCUT2D eigenvalue weighted by atomic mass is 9.98. The highest BCUT2D eigenvalue weighted by Gasteiger charge is 2.12. The lowest BCUT2D eigenvalue weighted by Gasteiger charge is -2.08. The summed E-state index contributed by atoms with van der Waals surface area (Å²) in [5.74, 6) is 6.82. The fraction of sp³-hybridized carbons (Fsp3) is 0.292. The quantitative estimate of drug-likeness (QED) is 0.574. The van der Waals surface area contributed by atoms with Gasteiger partial charge < -0.3 is 5.11 Å². The molecule has 1 aromatic heterocycles. The number of carboxylic acid groups (broad SMARTS) is 1. The van der Waals surface area contributed by atoms with E-state index in [9.17, 15) is 9.90 Å². The third-order valence-electron chi connectivity index (χ3n) is 4.74. The van der Waals surface area contributed by atoms with Gasteiger partial charge in [0.05, 0.1) is 5.56 Å². The minimum Gasteiger partial charge on any atom is -0.478 e. The highest BCUT2D eigenvalue weighted by Crippen LogP contribution is 2.24. The summed E-state index contributed by atoms with van der Waals surface area (Å²) >= 11 is 0. The van der Waals surface area contributed by atoms with Crippen LogP contribution in [0.15, 0.2) is 48.5 Å². The molecule has 0 amide bonds. The van der Waals surface area contributed by atoms with Crippen molar-refractivity contribution in [3.05, 3.63) is 71.3 Å². The summed E-state index contributed by atoms with van der Waals surface area (Å²) in [7, 11) is 0. The Bertz CT molecular complexity index is 1040. The van der Waals surface area contributed by atoms with Gasteiger partial charge in [0, 0.05) is 12.8 Å². The molecule has 3 aromatic rings. The van der Waals surface area contributed by atoms with E-state index in [2.05, 4.69) is 23.9 Å². The first-order valence-corrected chi connectivity index (χ1v) is 9.86. The summed E-state index contributed by atoms with van der Waals surface area (Å²) in [6.45, 7) is 4.52. The minimum atomic E-state index is -0.922. The van der Waals surface area contributed by atoms with Crippen LogP contribution in [-0.4, -0.2) is 25.8 Å². The van der Waals surface area contributed by atoms with Crippen molar-refractivity contribution in [3.63, 3.8) is 0 Å². The number of aryl methyl sites for hydroxylation is 1. The zero-order chi connectivity index (χ0) is 20.6. The fourth-order valence-electron chi connectivity index (χ4n) is 3.18. The van der Waals surface area contributed by atoms with Gasteiger partial charge in [-0.25, -0.2) is 14.5 Å². The first-order valence-electron chi connectivity index (χ1n) is 9.86. The van der Waals surface area contributed by atoms with Crippen LogP contribution < -0.4 is 0 Å². The maximum absolute atomic E-state index is 11.5. The smallest absolute Gasteiger partial charge is 0.336 e. The number of benzene rings is 2. The molecule has 1 N–H and O–H groups in total. The molecule has 0 radical (unpaired) electrons. The molecule has 1 heterocycles. The lowest BCUT2D eigenvalue weighted by Crippen LogP contribution is -2.05. The van der Waals surface area contributed by atoms with Gasteiger partial charge >= 0.3 is 5.97 Å². The summed E-state index contributed by atoms with van der Waals surface area (Å²) in [5, 5.41) is 14.0. The van der Waals surface area contributed by atoms with E-state index in [4.69, 9.17) is 4.98 Å². The van der Waals surface area contributed by atoms with Crippen LogP contribution in [0.3, 0.4) is 0 Å². The van der Waals surface area contributed by atoms with E-state index in [1.807, 2.05) is 48.0 Å². The molecule has 0 unspecified atom stereocenters. The van der Waals surface area contributed by atoms with Crippen molar-refractivity contribution in [2.24, 2.45) is 0 Å². The van der Waals surface area contributed by atoms with Crippen LogP contribution in [0.25, 0.3) is 11.1 Å². The Hall–Kier alpha value is -3.39. The SMILES string of the molecule is CC#CCn1nc(CCCC)nc1Cc1ccc(-c2ccccc2C(=O)O)cc1. The van der Waals surface area contributed by atoms with Crippen LogP contribution in [0.5, 0.6) is 0 Å². The molecule has 0 aliphatic carbocycles. The molecule has 2 aromatic carbocycles. The van der Waals surface area contributed by atoms with Crippen LogP contribution in [0, 0.1) is 11.8 Å². The summed E-state index contributed by atoms with van der Waals surface area (Å²) in [6, 6.07) is 15.0. The number of hydrogen-bond acceptors (Lipinski definition) is 3. The Morgan fingerprint density at radius 1 is 1.14 bits per heavy atom. The summed E-state index contributed by atoms with van der Waals surface area (Å²) in [5.41, 5.74) is 3.00. The number of carboxylic acids is 1. The zero-order valence-corrected chi connectivity index (χ0v) is 16.9.